The van der Waals surface area contributed by atoms with Crippen LogP contribution in [-0.4, -0.2) is 38.9 Å². The molecule has 2 N–H and O–H groups in total. The van der Waals surface area contributed by atoms with Crippen LogP contribution in [-0.2, 0) is 4.79 Å². The first-order valence-electron chi connectivity index (χ1n) is 8.31. The molecule has 3 rings (SSSR count). The third-order valence-electron chi connectivity index (χ3n) is 3.83. The number of carbonyl (C=O) groups is 2. The van der Waals surface area contributed by atoms with E-state index in [1.807, 2.05) is 13.8 Å². The number of amides is 2. The monoisotopic (exact) mass is 359 g/mol. The summed E-state index contributed by atoms with van der Waals surface area (Å²) in [6.07, 6.45) is 2.29. The Morgan fingerprint density at radius 2 is 2.12 bits per heavy atom. The molecule has 1 aliphatic rings. The molecular weight excluding hydrogens is 338 g/mol. The molecule has 132 valence electrons. The second-order valence-electron chi connectivity index (χ2n) is 5.91. The fraction of sp³-hybridized carbons (Fsp3) is 0.412. The minimum absolute atomic E-state index is 0.138. The minimum Gasteiger partial charge on any atom is -0.352 e. The molecule has 0 unspecified atom stereocenters. The zero-order valence-electron chi connectivity index (χ0n) is 14.3. The van der Waals surface area contributed by atoms with E-state index < -0.39 is 0 Å². The van der Waals surface area contributed by atoms with Gasteiger partial charge in [-0.2, -0.15) is 0 Å². The normalized spacial score (nSPS) is 13.5. The van der Waals surface area contributed by atoms with Crippen molar-refractivity contribution in [1.82, 2.24) is 20.1 Å². The highest BCUT2D eigenvalue weighted by molar-refractivity contribution is 7.99. The van der Waals surface area contributed by atoms with E-state index in [0.717, 1.165) is 23.8 Å². The highest BCUT2D eigenvalue weighted by Crippen LogP contribution is 2.38. The van der Waals surface area contributed by atoms with Gasteiger partial charge in [0.25, 0.3) is 5.91 Å². The average molecular weight is 359 g/mol. The summed E-state index contributed by atoms with van der Waals surface area (Å²) in [5, 5.41) is 14.6. The number of carbonyl (C=O) groups excluding carboxylic acids is 2. The Kier molecular flexibility index (Phi) is 5.37. The van der Waals surface area contributed by atoms with Gasteiger partial charge in [-0.3, -0.25) is 9.59 Å². The lowest BCUT2D eigenvalue weighted by Gasteiger charge is -2.08. The molecular formula is C17H21N5O2S. The van der Waals surface area contributed by atoms with E-state index in [4.69, 9.17) is 0 Å². The van der Waals surface area contributed by atoms with Gasteiger partial charge >= 0.3 is 0 Å². The smallest absolute Gasteiger partial charge is 0.251 e. The van der Waals surface area contributed by atoms with Crippen molar-refractivity contribution in [2.24, 2.45) is 0 Å². The number of nitrogens with one attached hydrogen (secondary N) is 2. The summed E-state index contributed by atoms with van der Waals surface area (Å²) in [4.78, 5) is 24.1. The summed E-state index contributed by atoms with van der Waals surface area (Å²) in [6.45, 7) is 4.36. The van der Waals surface area contributed by atoms with Gasteiger partial charge in [-0.1, -0.05) is 17.8 Å². The number of nitrogens with zero attached hydrogens (tertiary/aromatic N) is 3. The molecule has 0 saturated heterocycles. The molecule has 1 fully saturated rings. The molecule has 2 amide bonds. The summed E-state index contributed by atoms with van der Waals surface area (Å²) < 4.78 is 2.10. The van der Waals surface area contributed by atoms with Crippen molar-refractivity contribution in [3.63, 3.8) is 0 Å². The van der Waals surface area contributed by atoms with Crippen LogP contribution in [0.25, 0.3) is 0 Å². The third-order valence-corrected chi connectivity index (χ3v) is 4.77. The van der Waals surface area contributed by atoms with Crippen molar-refractivity contribution in [2.45, 2.75) is 37.9 Å². The van der Waals surface area contributed by atoms with E-state index in [9.17, 15) is 9.59 Å². The Bertz CT molecular complexity index is 785. The molecule has 8 heteroatoms. The number of aryl methyl sites for hydroxylation is 1. The maximum Gasteiger partial charge on any atom is 0.251 e. The largest absolute Gasteiger partial charge is 0.352 e. The van der Waals surface area contributed by atoms with Gasteiger partial charge in [0, 0.05) is 23.8 Å². The number of thioether (sulfide) groups is 1. The first kappa shape index (κ1) is 17.5. The number of benzene rings is 1. The number of hydrogen-bond acceptors (Lipinski definition) is 5. The van der Waals surface area contributed by atoms with Crippen LogP contribution in [0.15, 0.2) is 29.4 Å². The maximum atomic E-state index is 12.2. The van der Waals surface area contributed by atoms with Crippen molar-refractivity contribution in [3.05, 3.63) is 35.7 Å². The lowest BCUT2D eigenvalue weighted by atomic mass is 10.2. The van der Waals surface area contributed by atoms with Crippen molar-refractivity contribution in [1.29, 1.82) is 0 Å². The average Bonchev–Trinajstić information content (AvgIpc) is 3.36. The molecule has 1 aromatic heterocycles. The molecule has 0 bridgehead atoms. The lowest BCUT2D eigenvalue weighted by molar-refractivity contribution is -0.113. The molecule has 1 heterocycles. The molecule has 0 aliphatic heterocycles. The van der Waals surface area contributed by atoms with E-state index >= 15 is 0 Å². The number of rotatable bonds is 7. The SMILES string of the molecule is CCNC(=O)c1cccc(NC(=O)CSc2nnc(C)n2C2CC2)c1. The van der Waals surface area contributed by atoms with Crippen LogP contribution < -0.4 is 10.6 Å². The molecule has 1 aromatic carbocycles. The van der Waals surface area contributed by atoms with Gasteiger partial charge in [-0.25, -0.2) is 0 Å². The van der Waals surface area contributed by atoms with E-state index in [1.54, 1.807) is 24.3 Å². The van der Waals surface area contributed by atoms with Crippen LogP contribution in [0.1, 0.15) is 42.0 Å². The van der Waals surface area contributed by atoms with Gasteiger partial charge in [-0.15, -0.1) is 10.2 Å². The predicted octanol–water partition coefficient (Wildman–Crippen LogP) is 2.40. The zero-order chi connectivity index (χ0) is 17.8. The molecule has 0 atom stereocenters. The van der Waals surface area contributed by atoms with Crippen LogP contribution >= 0.6 is 11.8 Å². The van der Waals surface area contributed by atoms with E-state index in [1.165, 1.54) is 11.8 Å². The molecule has 25 heavy (non-hydrogen) atoms. The summed E-state index contributed by atoms with van der Waals surface area (Å²) in [7, 11) is 0. The Hall–Kier alpha value is -2.35. The van der Waals surface area contributed by atoms with Crippen molar-refractivity contribution in [2.75, 3.05) is 17.6 Å². The van der Waals surface area contributed by atoms with Crippen molar-refractivity contribution < 1.29 is 9.59 Å². The summed E-state index contributed by atoms with van der Waals surface area (Å²) in [6, 6.07) is 7.39. The van der Waals surface area contributed by atoms with Gasteiger partial charge in [0.2, 0.25) is 5.91 Å². The zero-order valence-corrected chi connectivity index (χ0v) is 15.1. The summed E-state index contributed by atoms with van der Waals surface area (Å²) >= 11 is 1.38. The molecule has 0 radical (unpaired) electrons. The molecule has 1 aliphatic carbocycles. The van der Waals surface area contributed by atoms with Crippen LogP contribution in [0, 0.1) is 6.92 Å². The molecule has 0 spiro atoms. The summed E-state index contributed by atoms with van der Waals surface area (Å²) in [5.74, 6) is 0.845. The van der Waals surface area contributed by atoms with Crippen LogP contribution in [0.3, 0.4) is 0 Å². The number of anilines is 1. The minimum atomic E-state index is -0.152. The van der Waals surface area contributed by atoms with Gasteiger partial charge < -0.3 is 15.2 Å². The lowest BCUT2D eigenvalue weighted by Crippen LogP contribution is -2.23. The quantitative estimate of drug-likeness (QED) is 0.741. The van der Waals surface area contributed by atoms with Crippen LogP contribution in [0.4, 0.5) is 5.69 Å². The van der Waals surface area contributed by atoms with Crippen LogP contribution in [0.2, 0.25) is 0 Å². The second kappa shape index (κ2) is 7.69. The topological polar surface area (TPSA) is 88.9 Å². The Morgan fingerprint density at radius 1 is 1.32 bits per heavy atom. The first-order valence-corrected chi connectivity index (χ1v) is 9.29. The fourth-order valence-corrected chi connectivity index (χ4v) is 3.38. The van der Waals surface area contributed by atoms with Gasteiger partial charge in [0.15, 0.2) is 5.16 Å². The standard InChI is InChI=1S/C17H21N5O2S/c1-3-18-16(24)12-5-4-6-13(9-12)19-15(23)10-25-17-21-20-11(2)22(17)14-7-8-14/h4-6,9,14H,3,7-8,10H2,1-2H3,(H,18,24)(H,19,23). The van der Waals surface area contributed by atoms with Crippen molar-refractivity contribution >= 4 is 29.3 Å². The van der Waals surface area contributed by atoms with E-state index in [0.29, 0.717) is 23.8 Å². The summed E-state index contributed by atoms with van der Waals surface area (Å²) in [5.41, 5.74) is 1.13. The number of aromatic nitrogens is 3. The number of hydrogen-bond donors (Lipinski definition) is 2. The Balaban J connectivity index is 1.58. The molecule has 7 nitrogen and oxygen atoms in total. The highest BCUT2D eigenvalue weighted by Gasteiger charge is 2.28. The fourth-order valence-electron chi connectivity index (χ4n) is 2.53. The highest BCUT2D eigenvalue weighted by atomic mass is 32.2. The third kappa shape index (κ3) is 4.39. The first-order chi connectivity index (χ1) is 12.1. The van der Waals surface area contributed by atoms with Crippen LogP contribution in [0.5, 0.6) is 0 Å². The van der Waals surface area contributed by atoms with E-state index in [-0.39, 0.29) is 17.6 Å². The van der Waals surface area contributed by atoms with Gasteiger partial charge in [-0.05, 0) is 44.9 Å². The second-order valence-corrected chi connectivity index (χ2v) is 6.85. The molecule has 1 saturated carbocycles. The molecule has 2 aromatic rings. The van der Waals surface area contributed by atoms with E-state index in [2.05, 4.69) is 25.4 Å². The predicted molar refractivity (Wildman–Crippen MR) is 96.8 cm³/mol. The van der Waals surface area contributed by atoms with Gasteiger partial charge in [0.1, 0.15) is 5.82 Å². The van der Waals surface area contributed by atoms with Gasteiger partial charge in [0.05, 0.1) is 5.75 Å². The Morgan fingerprint density at radius 3 is 2.84 bits per heavy atom. The van der Waals surface area contributed by atoms with Crippen molar-refractivity contribution in [3.8, 4) is 0 Å². The maximum absolute atomic E-state index is 12.2. The Labute approximate surface area is 150 Å².